The minimum Gasteiger partial charge on any atom is -0.268 e. The van der Waals surface area contributed by atoms with Crippen molar-refractivity contribution in [1.29, 1.82) is 0 Å². The number of benzene rings is 1. The Morgan fingerprint density at radius 1 is 1.19 bits per heavy atom. The highest BCUT2D eigenvalue weighted by Gasteiger charge is 2.11. The Kier molecular flexibility index (Phi) is 4.76. The van der Waals surface area contributed by atoms with Gasteiger partial charge in [-0.1, -0.05) is 49.1 Å². The molecule has 2 aromatic rings. The second kappa shape index (κ2) is 6.74. The molecule has 1 heterocycles. The van der Waals surface area contributed by atoms with E-state index in [9.17, 15) is 0 Å². The predicted octanol–water partition coefficient (Wildman–Crippen LogP) is 4.78. The highest BCUT2D eigenvalue weighted by atomic mass is 15.3. The Hall–Kier alpha value is -2.57. The zero-order chi connectivity index (χ0) is 15.2. The Bertz CT molecular complexity index is 724. The summed E-state index contributed by atoms with van der Waals surface area (Å²) in [5.41, 5.74) is 8.54. The summed E-state index contributed by atoms with van der Waals surface area (Å²) < 4.78 is 1.92. The van der Waals surface area contributed by atoms with Gasteiger partial charge in [0.2, 0.25) is 0 Å². The molecule has 21 heavy (non-hydrogen) atoms. The maximum Gasteiger partial charge on any atom is 0.0714 e. The first-order valence-electron chi connectivity index (χ1n) is 6.92. The number of rotatable bonds is 4. The molecule has 2 heteroatoms. The van der Waals surface area contributed by atoms with Gasteiger partial charge in [-0.15, -0.1) is 5.73 Å². The molecule has 0 saturated heterocycles. The number of aromatic nitrogens is 2. The van der Waals surface area contributed by atoms with Crippen LogP contribution in [0.5, 0.6) is 0 Å². The first-order chi connectivity index (χ1) is 10.1. The van der Waals surface area contributed by atoms with Crippen molar-refractivity contribution in [3.63, 3.8) is 0 Å². The van der Waals surface area contributed by atoms with Gasteiger partial charge in [0, 0.05) is 12.6 Å². The van der Waals surface area contributed by atoms with E-state index in [4.69, 9.17) is 0 Å². The molecule has 0 aliphatic rings. The van der Waals surface area contributed by atoms with Crippen molar-refractivity contribution >= 4 is 5.57 Å². The molecule has 0 N–H and O–H groups in total. The standard InChI is InChI=1S/C19H20N2/c1-5-9-15(2)12-13-16(3)19-18(14-20-21(19)4)17-10-7-6-8-11-17/h6-14H,1H2,2-4H3/b15-12+,16-13+. The number of hydrogen-bond donors (Lipinski definition) is 0. The molecule has 0 saturated carbocycles. The van der Waals surface area contributed by atoms with Gasteiger partial charge in [0.05, 0.1) is 11.9 Å². The Balaban J connectivity index is 2.45. The largest absolute Gasteiger partial charge is 0.268 e. The van der Waals surface area contributed by atoms with Crippen molar-refractivity contribution in [2.45, 2.75) is 13.8 Å². The highest BCUT2D eigenvalue weighted by Crippen LogP contribution is 2.28. The molecule has 0 amide bonds. The molecule has 0 unspecified atom stereocenters. The smallest absolute Gasteiger partial charge is 0.0714 e. The number of allylic oxidation sites excluding steroid dienone is 5. The van der Waals surface area contributed by atoms with Crippen LogP contribution in [0.2, 0.25) is 0 Å². The normalized spacial score (nSPS) is 12.1. The maximum atomic E-state index is 4.40. The third kappa shape index (κ3) is 3.50. The third-order valence-corrected chi connectivity index (χ3v) is 3.32. The van der Waals surface area contributed by atoms with Crippen molar-refractivity contribution in [2.75, 3.05) is 0 Å². The fourth-order valence-electron chi connectivity index (χ4n) is 2.28. The van der Waals surface area contributed by atoms with Crippen molar-refractivity contribution in [2.24, 2.45) is 7.05 Å². The molecule has 0 aliphatic carbocycles. The van der Waals surface area contributed by atoms with Crippen molar-refractivity contribution < 1.29 is 0 Å². The summed E-state index contributed by atoms with van der Waals surface area (Å²) in [6.07, 6.45) is 7.95. The van der Waals surface area contributed by atoms with Crippen LogP contribution in [0.1, 0.15) is 19.5 Å². The molecular formula is C19H20N2. The van der Waals surface area contributed by atoms with Crippen LogP contribution < -0.4 is 0 Å². The van der Waals surface area contributed by atoms with E-state index in [1.54, 1.807) is 0 Å². The molecule has 106 valence electrons. The van der Waals surface area contributed by atoms with E-state index in [1.165, 1.54) is 11.1 Å². The Morgan fingerprint density at radius 3 is 2.57 bits per heavy atom. The van der Waals surface area contributed by atoms with Gasteiger partial charge in [-0.3, -0.25) is 4.68 Å². The van der Waals surface area contributed by atoms with E-state index in [0.29, 0.717) is 0 Å². The van der Waals surface area contributed by atoms with Crippen LogP contribution in [0.4, 0.5) is 0 Å². The van der Waals surface area contributed by atoms with E-state index in [0.717, 1.165) is 16.8 Å². The summed E-state index contributed by atoms with van der Waals surface area (Å²) in [4.78, 5) is 0. The highest BCUT2D eigenvalue weighted by molar-refractivity contribution is 5.78. The van der Waals surface area contributed by atoms with Gasteiger partial charge in [0.1, 0.15) is 0 Å². The number of aryl methyl sites for hydroxylation is 1. The minimum absolute atomic E-state index is 1.12. The monoisotopic (exact) mass is 276 g/mol. The number of hydrogen-bond acceptors (Lipinski definition) is 1. The zero-order valence-corrected chi connectivity index (χ0v) is 12.8. The van der Waals surface area contributed by atoms with Crippen LogP contribution in [-0.4, -0.2) is 9.78 Å². The SMILES string of the molecule is C=C=C/C(C)=C/C=C(\C)c1c(-c2ccccc2)cnn1C. The average molecular weight is 276 g/mol. The first-order valence-corrected chi connectivity index (χ1v) is 6.92. The zero-order valence-electron chi connectivity index (χ0n) is 12.8. The molecule has 0 fully saturated rings. The molecule has 0 bridgehead atoms. The van der Waals surface area contributed by atoms with E-state index >= 15 is 0 Å². The van der Waals surface area contributed by atoms with Gasteiger partial charge in [0.25, 0.3) is 0 Å². The summed E-state index contributed by atoms with van der Waals surface area (Å²) in [6.45, 7) is 7.72. The van der Waals surface area contributed by atoms with Crippen LogP contribution in [0.3, 0.4) is 0 Å². The lowest BCUT2D eigenvalue weighted by Gasteiger charge is -2.06. The Morgan fingerprint density at radius 2 is 1.90 bits per heavy atom. The Labute approximate surface area is 126 Å². The van der Waals surface area contributed by atoms with Gasteiger partial charge in [-0.2, -0.15) is 5.10 Å². The summed E-state index contributed by atoms with van der Waals surface area (Å²) >= 11 is 0. The van der Waals surface area contributed by atoms with E-state index in [2.05, 4.69) is 48.6 Å². The fourth-order valence-corrected chi connectivity index (χ4v) is 2.28. The summed E-state index contributed by atoms with van der Waals surface area (Å²) in [5, 5.41) is 4.40. The molecule has 0 radical (unpaired) electrons. The summed E-state index contributed by atoms with van der Waals surface area (Å²) in [6, 6.07) is 10.3. The van der Waals surface area contributed by atoms with E-state index < -0.39 is 0 Å². The fraction of sp³-hybridized carbons (Fsp3) is 0.158. The molecule has 1 aromatic carbocycles. The predicted molar refractivity (Wildman–Crippen MR) is 89.8 cm³/mol. The van der Waals surface area contributed by atoms with Gasteiger partial charge in [-0.25, -0.2) is 0 Å². The van der Waals surface area contributed by atoms with Crippen LogP contribution in [0, 0.1) is 0 Å². The first kappa shape index (κ1) is 14.8. The lowest BCUT2D eigenvalue weighted by atomic mass is 10.0. The summed E-state index contributed by atoms with van der Waals surface area (Å²) in [7, 11) is 1.97. The maximum absolute atomic E-state index is 4.40. The molecule has 2 rings (SSSR count). The van der Waals surface area contributed by atoms with Gasteiger partial charge < -0.3 is 0 Å². The molecule has 2 nitrogen and oxygen atoms in total. The van der Waals surface area contributed by atoms with Crippen molar-refractivity contribution in [3.05, 3.63) is 78.3 Å². The van der Waals surface area contributed by atoms with E-state index in [-0.39, 0.29) is 0 Å². The van der Waals surface area contributed by atoms with Gasteiger partial charge in [-0.05, 0) is 36.6 Å². The second-order valence-corrected chi connectivity index (χ2v) is 5.01. The van der Waals surface area contributed by atoms with Crippen LogP contribution >= 0.6 is 0 Å². The average Bonchev–Trinajstić information content (AvgIpc) is 2.88. The third-order valence-electron chi connectivity index (χ3n) is 3.32. The molecule has 0 atom stereocenters. The topological polar surface area (TPSA) is 17.8 Å². The molecular weight excluding hydrogens is 256 g/mol. The molecule has 0 aliphatic heterocycles. The second-order valence-electron chi connectivity index (χ2n) is 5.01. The van der Waals surface area contributed by atoms with Crippen molar-refractivity contribution in [1.82, 2.24) is 9.78 Å². The molecule has 0 spiro atoms. The van der Waals surface area contributed by atoms with Gasteiger partial charge >= 0.3 is 0 Å². The van der Waals surface area contributed by atoms with E-state index in [1.807, 2.05) is 49.1 Å². The quantitative estimate of drug-likeness (QED) is 0.580. The van der Waals surface area contributed by atoms with Crippen molar-refractivity contribution in [3.8, 4) is 11.1 Å². The van der Waals surface area contributed by atoms with Gasteiger partial charge in [0.15, 0.2) is 0 Å². The minimum atomic E-state index is 1.12. The summed E-state index contributed by atoms with van der Waals surface area (Å²) in [5.74, 6) is 0. The van der Waals surface area contributed by atoms with Crippen LogP contribution in [0.15, 0.2) is 72.6 Å². The lowest BCUT2D eigenvalue weighted by Crippen LogP contribution is -1.97. The number of nitrogens with zero attached hydrogens (tertiary/aromatic N) is 2. The lowest BCUT2D eigenvalue weighted by molar-refractivity contribution is 0.756. The van der Waals surface area contributed by atoms with Crippen LogP contribution in [0.25, 0.3) is 16.7 Å². The van der Waals surface area contributed by atoms with Crippen LogP contribution in [-0.2, 0) is 7.05 Å². The molecule has 1 aromatic heterocycles.